The molecule has 0 aliphatic heterocycles. The van der Waals surface area contributed by atoms with Crippen LogP contribution in [0.15, 0.2) is 0 Å². The molecule has 3 nitrogen and oxygen atoms in total. The van der Waals surface area contributed by atoms with E-state index in [1.165, 1.54) is 0 Å². The Kier molecular flexibility index (Phi) is 6.52. The molecular formula is C16H33NO2S. The highest BCUT2D eigenvalue weighted by molar-refractivity contribution is 7.92. The van der Waals surface area contributed by atoms with Gasteiger partial charge >= 0.3 is 0 Å². The number of rotatable bonds is 7. The summed E-state index contributed by atoms with van der Waals surface area (Å²) in [7, 11) is -3.01. The monoisotopic (exact) mass is 303 g/mol. The van der Waals surface area contributed by atoms with Crippen LogP contribution in [0.5, 0.6) is 0 Å². The SMILES string of the molecule is CCCNC1C(S(=O)(=O)CC(C)CC)CCCC1(C)C. The summed E-state index contributed by atoms with van der Waals surface area (Å²) in [5.74, 6) is 0.603. The third-order valence-electron chi connectivity index (χ3n) is 4.81. The lowest BCUT2D eigenvalue weighted by Crippen LogP contribution is -2.56. The van der Waals surface area contributed by atoms with Crippen molar-refractivity contribution in [2.75, 3.05) is 12.3 Å². The van der Waals surface area contributed by atoms with Gasteiger partial charge in [0.05, 0.1) is 11.0 Å². The van der Waals surface area contributed by atoms with Crippen LogP contribution in [-0.2, 0) is 9.84 Å². The van der Waals surface area contributed by atoms with Gasteiger partial charge in [-0.3, -0.25) is 0 Å². The highest BCUT2D eigenvalue weighted by Crippen LogP contribution is 2.39. The topological polar surface area (TPSA) is 46.2 Å². The Hall–Kier alpha value is -0.0900. The molecule has 0 spiro atoms. The predicted octanol–water partition coefficient (Wildman–Crippen LogP) is 3.39. The average molecular weight is 304 g/mol. The maximum atomic E-state index is 12.8. The van der Waals surface area contributed by atoms with Crippen LogP contribution in [0.25, 0.3) is 0 Å². The minimum Gasteiger partial charge on any atom is -0.312 e. The van der Waals surface area contributed by atoms with Gasteiger partial charge in [-0.15, -0.1) is 0 Å². The molecule has 1 rings (SSSR count). The maximum Gasteiger partial charge on any atom is 0.154 e. The maximum absolute atomic E-state index is 12.8. The van der Waals surface area contributed by atoms with Gasteiger partial charge in [0.2, 0.25) is 0 Å². The van der Waals surface area contributed by atoms with Crippen LogP contribution in [0.3, 0.4) is 0 Å². The quantitative estimate of drug-likeness (QED) is 0.784. The normalized spacial score (nSPS) is 28.2. The second-order valence-electron chi connectivity index (χ2n) is 7.19. The molecule has 0 saturated heterocycles. The van der Waals surface area contributed by atoms with E-state index in [9.17, 15) is 8.42 Å². The van der Waals surface area contributed by atoms with Crippen LogP contribution in [0.4, 0.5) is 0 Å². The van der Waals surface area contributed by atoms with E-state index in [0.717, 1.165) is 38.6 Å². The lowest BCUT2D eigenvalue weighted by atomic mass is 9.73. The van der Waals surface area contributed by atoms with Crippen molar-refractivity contribution in [3.05, 3.63) is 0 Å². The Morgan fingerprint density at radius 1 is 1.30 bits per heavy atom. The van der Waals surface area contributed by atoms with Crippen molar-refractivity contribution in [1.82, 2.24) is 5.32 Å². The minimum absolute atomic E-state index is 0.0700. The highest BCUT2D eigenvalue weighted by atomic mass is 32.2. The zero-order valence-electron chi connectivity index (χ0n) is 13.9. The fourth-order valence-corrected chi connectivity index (χ4v) is 6.00. The summed E-state index contributed by atoms with van der Waals surface area (Å²) in [5, 5.41) is 3.33. The number of hydrogen-bond acceptors (Lipinski definition) is 3. The van der Waals surface area contributed by atoms with Crippen molar-refractivity contribution < 1.29 is 8.42 Å². The van der Waals surface area contributed by atoms with E-state index in [1.54, 1.807) is 0 Å². The molecule has 0 aromatic rings. The Morgan fingerprint density at radius 2 is 1.95 bits per heavy atom. The molecule has 0 amide bonds. The Bertz CT molecular complexity index is 389. The third kappa shape index (κ3) is 4.45. The summed E-state index contributed by atoms with van der Waals surface area (Å²) in [6.07, 6.45) is 4.95. The molecule has 1 saturated carbocycles. The molecule has 0 heterocycles. The van der Waals surface area contributed by atoms with Crippen molar-refractivity contribution in [1.29, 1.82) is 0 Å². The molecule has 1 aliphatic carbocycles. The summed E-state index contributed by atoms with van der Waals surface area (Å²) in [6.45, 7) is 11.6. The lowest BCUT2D eigenvalue weighted by molar-refractivity contribution is 0.170. The second kappa shape index (κ2) is 7.26. The Labute approximate surface area is 125 Å². The van der Waals surface area contributed by atoms with Crippen LogP contribution >= 0.6 is 0 Å². The molecule has 0 bridgehead atoms. The first-order chi connectivity index (χ1) is 9.24. The summed E-state index contributed by atoms with van der Waals surface area (Å²) >= 11 is 0. The summed E-state index contributed by atoms with van der Waals surface area (Å²) < 4.78 is 25.6. The fourth-order valence-electron chi connectivity index (χ4n) is 3.32. The fraction of sp³-hybridized carbons (Fsp3) is 1.00. The van der Waals surface area contributed by atoms with Gasteiger partial charge in [-0.1, -0.05) is 47.5 Å². The van der Waals surface area contributed by atoms with Crippen molar-refractivity contribution in [3.8, 4) is 0 Å². The van der Waals surface area contributed by atoms with Gasteiger partial charge in [-0.05, 0) is 37.1 Å². The molecule has 0 aromatic heterocycles. The molecule has 4 heteroatoms. The van der Waals surface area contributed by atoms with Gasteiger partial charge in [-0.2, -0.15) is 0 Å². The molecular weight excluding hydrogens is 270 g/mol. The first-order valence-electron chi connectivity index (χ1n) is 8.19. The molecule has 1 fully saturated rings. The van der Waals surface area contributed by atoms with E-state index in [4.69, 9.17) is 0 Å². The molecule has 120 valence electrons. The van der Waals surface area contributed by atoms with Crippen molar-refractivity contribution in [2.45, 2.75) is 78.0 Å². The number of hydrogen-bond donors (Lipinski definition) is 1. The van der Waals surface area contributed by atoms with Crippen molar-refractivity contribution in [3.63, 3.8) is 0 Å². The smallest absolute Gasteiger partial charge is 0.154 e. The second-order valence-corrected chi connectivity index (χ2v) is 9.46. The first kappa shape index (κ1) is 18.0. The molecule has 0 aromatic carbocycles. The summed E-state index contributed by atoms with van der Waals surface area (Å²) in [6, 6.07) is 0.102. The predicted molar refractivity (Wildman–Crippen MR) is 86.7 cm³/mol. The van der Waals surface area contributed by atoms with Gasteiger partial charge in [0.25, 0.3) is 0 Å². The standard InChI is InChI=1S/C16H33NO2S/c1-6-11-17-15-14(9-8-10-16(15,4)5)20(18,19)12-13(3)7-2/h13-15,17H,6-12H2,1-5H3. The largest absolute Gasteiger partial charge is 0.312 e. The molecule has 20 heavy (non-hydrogen) atoms. The Morgan fingerprint density at radius 3 is 2.50 bits per heavy atom. The minimum atomic E-state index is -3.01. The van der Waals surface area contributed by atoms with E-state index in [2.05, 4.69) is 33.0 Å². The van der Waals surface area contributed by atoms with Gasteiger partial charge in [-0.25, -0.2) is 8.42 Å². The van der Waals surface area contributed by atoms with Gasteiger partial charge in [0.1, 0.15) is 0 Å². The number of sulfone groups is 1. The third-order valence-corrected chi connectivity index (χ3v) is 7.28. The van der Waals surface area contributed by atoms with Crippen molar-refractivity contribution >= 4 is 9.84 Å². The van der Waals surface area contributed by atoms with E-state index in [-0.39, 0.29) is 22.6 Å². The summed E-state index contributed by atoms with van der Waals surface area (Å²) in [5.41, 5.74) is 0.0700. The zero-order valence-corrected chi connectivity index (χ0v) is 14.7. The van der Waals surface area contributed by atoms with E-state index in [0.29, 0.717) is 5.75 Å². The van der Waals surface area contributed by atoms with E-state index in [1.807, 2.05) is 6.92 Å². The van der Waals surface area contributed by atoms with E-state index < -0.39 is 9.84 Å². The van der Waals surface area contributed by atoms with Crippen LogP contribution in [0.2, 0.25) is 0 Å². The van der Waals surface area contributed by atoms with Gasteiger partial charge in [0, 0.05) is 6.04 Å². The van der Waals surface area contributed by atoms with Crippen molar-refractivity contribution in [2.24, 2.45) is 11.3 Å². The average Bonchev–Trinajstić information content (AvgIpc) is 2.35. The van der Waals surface area contributed by atoms with E-state index >= 15 is 0 Å². The van der Waals surface area contributed by atoms with Crippen LogP contribution in [0.1, 0.15) is 66.7 Å². The lowest BCUT2D eigenvalue weighted by Gasteiger charge is -2.44. The van der Waals surface area contributed by atoms with Crippen LogP contribution < -0.4 is 5.32 Å². The van der Waals surface area contributed by atoms with Crippen LogP contribution in [0, 0.1) is 11.3 Å². The molecule has 1 N–H and O–H groups in total. The summed E-state index contributed by atoms with van der Waals surface area (Å²) in [4.78, 5) is 0. The molecule has 3 unspecified atom stereocenters. The Balaban J connectivity index is 2.93. The zero-order chi connectivity index (χ0) is 15.4. The van der Waals surface area contributed by atoms with Crippen LogP contribution in [-0.4, -0.2) is 32.0 Å². The molecule has 0 radical (unpaired) electrons. The molecule has 1 aliphatic rings. The van der Waals surface area contributed by atoms with Gasteiger partial charge < -0.3 is 5.32 Å². The first-order valence-corrected chi connectivity index (χ1v) is 9.91. The molecule has 3 atom stereocenters. The highest BCUT2D eigenvalue weighted by Gasteiger charge is 2.44. The number of nitrogens with one attached hydrogen (secondary N) is 1. The van der Waals surface area contributed by atoms with Gasteiger partial charge in [0.15, 0.2) is 9.84 Å².